The third kappa shape index (κ3) is 1.63. The van der Waals surface area contributed by atoms with E-state index in [1.54, 1.807) is 13.1 Å². The molecule has 1 aromatic carbocycles. The minimum absolute atomic E-state index is 0.0305. The van der Waals surface area contributed by atoms with Crippen molar-refractivity contribution in [1.82, 2.24) is 15.0 Å². The van der Waals surface area contributed by atoms with Crippen molar-refractivity contribution in [1.29, 1.82) is 0 Å². The van der Waals surface area contributed by atoms with Gasteiger partial charge in [0.15, 0.2) is 0 Å². The second kappa shape index (κ2) is 3.61. The topological polar surface area (TPSA) is 47.8 Å². The highest BCUT2D eigenvalue weighted by molar-refractivity contribution is 6.07. The molecule has 0 bridgehead atoms. The molecular formula is C10H8FN3O. The maximum absolute atomic E-state index is 13.3. The lowest BCUT2D eigenvalue weighted by molar-refractivity contribution is 0.102. The third-order valence-corrected chi connectivity index (χ3v) is 2.07. The molecule has 0 fully saturated rings. The fourth-order valence-corrected chi connectivity index (χ4v) is 1.28. The average molecular weight is 205 g/mol. The lowest BCUT2D eigenvalue weighted by Gasteiger charge is -2.01. The number of rotatable bonds is 2. The van der Waals surface area contributed by atoms with Gasteiger partial charge in [-0.05, 0) is 12.1 Å². The van der Waals surface area contributed by atoms with Gasteiger partial charge in [-0.3, -0.25) is 4.79 Å². The average Bonchev–Trinajstić information content (AvgIpc) is 2.64. The number of ketones is 1. The predicted molar refractivity (Wildman–Crippen MR) is 50.8 cm³/mol. The molecule has 0 aliphatic heterocycles. The Bertz CT molecular complexity index is 507. The van der Waals surface area contributed by atoms with Crippen LogP contribution >= 0.6 is 0 Å². The zero-order valence-electron chi connectivity index (χ0n) is 8.01. The summed E-state index contributed by atoms with van der Waals surface area (Å²) in [7, 11) is 1.58. The molecule has 2 rings (SSSR count). The van der Waals surface area contributed by atoms with Crippen molar-refractivity contribution in [2.45, 2.75) is 0 Å². The maximum Gasteiger partial charge on any atom is 0.215 e. The molecule has 0 N–H and O–H groups in total. The van der Waals surface area contributed by atoms with E-state index in [1.165, 1.54) is 29.1 Å². The molecule has 0 unspecified atom stereocenters. The van der Waals surface area contributed by atoms with E-state index in [4.69, 9.17) is 0 Å². The van der Waals surface area contributed by atoms with Crippen LogP contribution in [0.4, 0.5) is 4.39 Å². The zero-order valence-corrected chi connectivity index (χ0v) is 8.01. The number of aromatic nitrogens is 3. The van der Waals surface area contributed by atoms with Crippen molar-refractivity contribution in [2.24, 2.45) is 7.05 Å². The second-order valence-corrected chi connectivity index (χ2v) is 3.05. The van der Waals surface area contributed by atoms with Crippen LogP contribution in [0.3, 0.4) is 0 Å². The Morgan fingerprint density at radius 2 is 2.13 bits per heavy atom. The molecule has 0 atom stereocenters. The van der Waals surface area contributed by atoms with Crippen LogP contribution in [-0.2, 0) is 7.05 Å². The van der Waals surface area contributed by atoms with Crippen molar-refractivity contribution >= 4 is 5.78 Å². The third-order valence-electron chi connectivity index (χ3n) is 2.07. The molecule has 1 heterocycles. The van der Waals surface area contributed by atoms with Crippen molar-refractivity contribution in [3.8, 4) is 0 Å². The highest BCUT2D eigenvalue weighted by Crippen LogP contribution is 2.11. The van der Waals surface area contributed by atoms with Crippen molar-refractivity contribution < 1.29 is 9.18 Å². The van der Waals surface area contributed by atoms with E-state index in [2.05, 4.69) is 10.3 Å². The van der Waals surface area contributed by atoms with Crippen LogP contribution in [-0.4, -0.2) is 20.8 Å². The normalized spacial score (nSPS) is 10.3. The number of carbonyl (C=O) groups excluding carboxylic acids is 1. The molecule has 15 heavy (non-hydrogen) atoms. The molecular weight excluding hydrogens is 197 g/mol. The maximum atomic E-state index is 13.3. The first kappa shape index (κ1) is 9.51. The molecule has 0 aliphatic carbocycles. The molecule has 0 spiro atoms. The first-order valence-corrected chi connectivity index (χ1v) is 4.34. The van der Waals surface area contributed by atoms with Crippen LogP contribution in [0.1, 0.15) is 16.1 Å². The standard InChI is InChI=1S/C10H8FN3O/c1-14-9(6-12-13-14)10(15)7-4-2-3-5-8(7)11/h2-6H,1H3. The van der Waals surface area contributed by atoms with Crippen molar-refractivity contribution in [3.63, 3.8) is 0 Å². The number of hydrogen-bond acceptors (Lipinski definition) is 3. The molecule has 0 saturated carbocycles. The quantitative estimate of drug-likeness (QED) is 0.692. The minimum Gasteiger partial charge on any atom is -0.287 e. The summed E-state index contributed by atoms with van der Waals surface area (Å²) in [4.78, 5) is 11.8. The number of benzene rings is 1. The van der Waals surface area contributed by atoms with Gasteiger partial charge in [0, 0.05) is 7.05 Å². The molecule has 4 nitrogen and oxygen atoms in total. The van der Waals surface area contributed by atoms with E-state index in [0.717, 1.165) is 0 Å². The highest BCUT2D eigenvalue weighted by Gasteiger charge is 2.16. The fraction of sp³-hybridized carbons (Fsp3) is 0.100. The van der Waals surface area contributed by atoms with Gasteiger partial charge in [0.1, 0.15) is 11.5 Å². The first-order chi connectivity index (χ1) is 7.20. The monoisotopic (exact) mass is 205 g/mol. The number of halogens is 1. The minimum atomic E-state index is -0.538. The smallest absolute Gasteiger partial charge is 0.215 e. The Balaban J connectivity index is 2.46. The van der Waals surface area contributed by atoms with Gasteiger partial charge in [0.25, 0.3) is 0 Å². The fourth-order valence-electron chi connectivity index (χ4n) is 1.28. The van der Waals surface area contributed by atoms with E-state index in [0.29, 0.717) is 0 Å². The van der Waals surface area contributed by atoms with E-state index < -0.39 is 11.6 Å². The van der Waals surface area contributed by atoms with Crippen molar-refractivity contribution in [3.05, 3.63) is 47.5 Å². The lowest BCUT2D eigenvalue weighted by atomic mass is 10.1. The largest absolute Gasteiger partial charge is 0.287 e. The van der Waals surface area contributed by atoms with Crippen LogP contribution in [0.15, 0.2) is 30.5 Å². The van der Waals surface area contributed by atoms with Gasteiger partial charge in [-0.2, -0.15) is 0 Å². The van der Waals surface area contributed by atoms with Gasteiger partial charge in [-0.1, -0.05) is 17.3 Å². The van der Waals surface area contributed by atoms with Gasteiger partial charge >= 0.3 is 0 Å². The van der Waals surface area contributed by atoms with Gasteiger partial charge in [0.2, 0.25) is 5.78 Å². The molecule has 76 valence electrons. The molecule has 1 aromatic heterocycles. The summed E-state index contributed by atoms with van der Waals surface area (Å²) in [5, 5.41) is 7.18. The summed E-state index contributed by atoms with van der Waals surface area (Å²) in [6.45, 7) is 0. The highest BCUT2D eigenvalue weighted by atomic mass is 19.1. The van der Waals surface area contributed by atoms with Gasteiger partial charge < -0.3 is 0 Å². The van der Waals surface area contributed by atoms with E-state index in [1.807, 2.05) is 0 Å². The number of hydrogen-bond donors (Lipinski definition) is 0. The Morgan fingerprint density at radius 1 is 1.40 bits per heavy atom. The summed E-state index contributed by atoms with van der Waals surface area (Å²) < 4.78 is 14.6. The van der Waals surface area contributed by atoms with Crippen LogP contribution < -0.4 is 0 Å². The Hall–Kier alpha value is -2.04. The summed E-state index contributed by atoms with van der Waals surface area (Å²) in [5.41, 5.74) is 0.294. The van der Waals surface area contributed by atoms with Gasteiger partial charge in [-0.15, -0.1) is 5.10 Å². The number of carbonyl (C=O) groups is 1. The molecule has 2 aromatic rings. The summed E-state index contributed by atoms with van der Waals surface area (Å²) in [6.07, 6.45) is 1.31. The molecule has 0 amide bonds. The lowest BCUT2D eigenvalue weighted by Crippen LogP contribution is -2.09. The Morgan fingerprint density at radius 3 is 2.73 bits per heavy atom. The van der Waals surface area contributed by atoms with E-state index >= 15 is 0 Å². The van der Waals surface area contributed by atoms with Crippen LogP contribution in [0.2, 0.25) is 0 Å². The summed E-state index contributed by atoms with van der Waals surface area (Å²) >= 11 is 0. The number of nitrogens with zero attached hydrogens (tertiary/aromatic N) is 3. The van der Waals surface area contributed by atoms with Crippen LogP contribution in [0, 0.1) is 5.82 Å². The number of aryl methyl sites for hydroxylation is 1. The predicted octanol–water partition coefficient (Wildman–Crippen LogP) is 1.19. The Kier molecular flexibility index (Phi) is 2.29. The SMILES string of the molecule is Cn1nncc1C(=O)c1ccccc1F. The van der Waals surface area contributed by atoms with Gasteiger partial charge in [-0.25, -0.2) is 9.07 Å². The summed E-state index contributed by atoms with van der Waals surface area (Å²) in [6, 6.07) is 5.83. The molecule has 0 aliphatic rings. The van der Waals surface area contributed by atoms with E-state index in [-0.39, 0.29) is 11.3 Å². The Labute approximate surface area is 85.3 Å². The molecule has 0 radical (unpaired) electrons. The first-order valence-electron chi connectivity index (χ1n) is 4.34. The van der Waals surface area contributed by atoms with Crippen LogP contribution in [0.5, 0.6) is 0 Å². The van der Waals surface area contributed by atoms with Crippen LogP contribution in [0.25, 0.3) is 0 Å². The molecule has 5 heteroatoms. The second-order valence-electron chi connectivity index (χ2n) is 3.05. The van der Waals surface area contributed by atoms with Crippen molar-refractivity contribution in [2.75, 3.05) is 0 Å². The molecule has 0 saturated heterocycles. The van der Waals surface area contributed by atoms with E-state index in [9.17, 15) is 9.18 Å². The van der Waals surface area contributed by atoms with Gasteiger partial charge in [0.05, 0.1) is 11.8 Å². The summed E-state index contributed by atoms with van der Waals surface area (Å²) in [5.74, 6) is -0.954. The zero-order chi connectivity index (χ0) is 10.8.